The van der Waals surface area contributed by atoms with Crippen LogP contribution >= 0.6 is 0 Å². The van der Waals surface area contributed by atoms with Gasteiger partial charge in [-0.25, -0.2) is 0 Å². The normalized spacial score (nSPS) is 21.2. The molecule has 1 unspecified atom stereocenters. The lowest BCUT2D eigenvalue weighted by Gasteiger charge is -2.42. The van der Waals surface area contributed by atoms with Gasteiger partial charge in [0.25, 0.3) is 0 Å². The van der Waals surface area contributed by atoms with Gasteiger partial charge in [0.2, 0.25) is 5.91 Å². The van der Waals surface area contributed by atoms with Gasteiger partial charge >= 0.3 is 6.18 Å². The Morgan fingerprint density at radius 3 is 2.37 bits per heavy atom. The highest BCUT2D eigenvalue weighted by molar-refractivity contribution is 5.89. The zero-order chi connectivity index (χ0) is 19.5. The van der Waals surface area contributed by atoms with Crippen molar-refractivity contribution in [2.75, 3.05) is 39.8 Å². The smallest absolute Gasteiger partial charge is 0.405 e. The van der Waals surface area contributed by atoms with Crippen molar-refractivity contribution in [1.29, 1.82) is 0 Å². The van der Waals surface area contributed by atoms with Gasteiger partial charge in [-0.05, 0) is 30.5 Å². The number of nitrogens with zero attached hydrogens (tertiary/aromatic N) is 1. The highest BCUT2D eigenvalue weighted by Gasteiger charge is 2.48. The van der Waals surface area contributed by atoms with Crippen molar-refractivity contribution in [2.45, 2.75) is 36.9 Å². The number of carbonyl (C=O) groups is 1. The monoisotopic (exact) mass is 385 g/mol. The first kappa shape index (κ1) is 19.9. The van der Waals surface area contributed by atoms with E-state index < -0.39 is 24.2 Å². The number of hydrogen-bond acceptors (Lipinski definition) is 4. The topological polar surface area (TPSA) is 53.6 Å². The summed E-state index contributed by atoms with van der Waals surface area (Å²) in [6.45, 7) is 1.28. The Hall–Kier alpha value is -1.80. The largest absolute Gasteiger partial charge is 0.497 e. The highest BCUT2D eigenvalue weighted by atomic mass is 19.4. The van der Waals surface area contributed by atoms with Crippen LogP contribution in [0.3, 0.4) is 0 Å². The van der Waals surface area contributed by atoms with E-state index in [0.717, 1.165) is 12.0 Å². The summed E-state index contributed by atoms with van der Waals surface area (Å²) < 4.78 is 45.7. The molecule has 150 valence electrons. The van der Waals surface area contributed by atoms with E-state index in [2.05, 4.69) is 10.6 Å². The number of amides is 1. The van der Waals surface area contributed by atoms with Gasteiger partial charge in [0.1, 0.15) is 11.8 Å². The number of ether oxygens (including phenoxy) is 1. The fourth-order valence-electron chi connectivity index (χ4n) is 3.89. The molecule has 2 N–H and O–H groups in total. The van der Waals surface area contributed by atoms with Crippen molar-refractivity contribution in [2.24, 2.45) is 0 Å². The zero-order valence-corrected chi connectivity index (χ0v) is 15.4. The van der Waals surface area contributed by atoms with E-state index in [1.54, 1.807) is 19.2 Å². The van der Waals surface area contributed by atoms with Gasteiger partial charge in [0.15, 0.2) is 0 Å². The fourth-order valence-corrected chi connectivity index (χ4v) is 3.89. The number of methoxy groups -OCH3 is 1. The van der Waals surface area contributed by atoms with Crippen molar-refractivity contribution in [1.82, 2.24) is 15.5 Å². The predicted molar refractivity (Wildman–Crippen MR) is 95.8 cm³/mol. The molecule has 2 fully saturated rings. The van der Waals surface area contributed by atoms with Gasteiger partial charge in [-0.2, -0.15) is 13.2 Å². The number of piperazine rings is 1. The zero-order valence-electron chi connectivity index (χ0n) is 15.4. The summed E-state index contributed by atoms with van der Waals surface area (Å²) in [5, 5.41) is 5.66. The Bertz CT molecular complexity index is 639. The number of halogens is 3. The summed E-state index contributed by atoms with van der Waals surface area (Å²) >= 11 is 0. The Kier molecular flexibility index (Phi) is 5.95. The molecule has 1 aromatic carbocycles. The Balaban J connectivity index is 1.69. The van der Waals surface area contributed by atoms with Crippen LogP contribution in [0.15, 0.2) is 24.3 Å². The van der Waals surface area contributed by atoms with Crippen LogP contribution < -0.4 is 15.4 Å². The summed E-state index contributed by atoms with van der Waals surface area (Å²) in [4.78, 5) is 14.3. The molecule has 5 nitrogen and oxygen atoms in total. The first-order valence-electron chi connectivity index (χ1n) is 9.31. The maximum absolute atomic E-state index is 13.5. The molecule has 1 aliphatic carbocycles. The molecule has 27 heavy (non-hydrogen) atoms. The van der Waals surface area contributed by atoms with Crippen LogP contribution in [0, 0.1) is 0 Å². The second-order valence-corrected chi connectivity index (χ2v) is 7.22. The van der Waals surface area contributed by atoms with Crippen LogP contribution in [0.25, 0.3) is 0 Å². The molecule has 1 atom stereocenters. The first-order chi connectivity index (χ1) is 12.9. The molecule has 0 spiro atoms. The summed E-state index contributed by atoms with van der Waals surface area (Å²) in [6.07, 6.45) is -2.19. The summed E-state index contributed by atoms with van der Waals surface area (Å²) in [5.74, 6) is 0.368. The van der Waals surface area contributed by atoms with Crippen molar-refractivity contribution >= 4 is 5.91 Å². The van der Waals surface area contributed by atoms with Crippen LogP contribution in [-0.4, -0.2) is 62.9 Å². The molecule has 1 saturated heterocycles. The molecule has 1 amide bonds. The van der Waals surface area contributed by atoms with E-state index >= 15 is 0 Å². The average molecular weight is 385 g/mol. The van der Waals surface area contributed by atoms with Gasteiger partial charge in [0.05, 0.1) is 12.5 Å². The molecule has 1 saturated carbocycles. The van der Waals surface area contributed by atoms with E-state index in [-0.39, 0.29) is 5.91 Å². The van der Waals surface area contributed by atoms with E-state index in [1.165, 1.54) is 4.90 Å². The van der Waals surface area contributed by atoms with Gasteiger partial charge < -0.3 is 15.4 Å². The predicted octanol–water partition coefficient (Wildman–Crippen LogP) is 2.07. The molecule has 0 aromatic heterocycles. The SMILES string of the molecule is COc1ccc(C2(C(=O)NCC(N3CCNCC3)C(F)(F)F)CCC2)cc1. The van der Waals surface area contributed by atoms with E-state index in [4.69, 9.17) is 4.74 Å². The van der Waals surface area contributed by atoms with E-state index in [0.29, 0.717) is 44.8 Å². The van der Waals surface area contributed by atoms with Gasteiger partial charge in [0, 0.05) is 32.7 Å². The molecule has 3 rings (SSSR count). The Morgan fingerprint density at radius 2 is 1.89 bits per heavy atom. The summed E-state index contributed by atoms with van der Waals surface area (Å²) in [5.41, 5.74) is 0.101. The molecule has 0 radical (unpaired) electrons. The Labute approximate surface area is 157 Å². The molecule has 8 heteroatoms. The second kappa shape index (κ2) is 8.06. The molecule has 0 bridgehead atoms. The minimum absolute atomic E-state index is 0.316. The van der Waals surface area contributed by atoms with Crippen LogP contribution in [0.1, 0.15) is 24.8 Å². The standard InChI is InChI=1S/C19H26F3N3O2/c1-27-15-5-3-14(4-6-15)18(7-2-8-18)17(26)24-13-16(19(20,21)22)25-11-9-23-10-12-25/h3-6,16,23H,2,7-13H2,1H3,(H,24,26). The average Bonchev–Trinajstić information content (AvgIpc) is 2.61. The molecule has 1 aliphatic heterocycles. The molecular weight excluding hydrogens is 359 g/mol. The minimum Gasteiger partial charge on any atom is -0.497 e. The number of benzene rings is 1. The minimum atomic E-state index is -4.38. The van der Waals surface area contributed by atoms with Crippen molar-refractivity contribution < 1.29 is 22.7 Å². The third-order valence-electron chi connectivity index (χ3n) is 5.71. The van der Waals surface area contributed by atoms with Gasteiger partial charge in [-0.15, -0.1) is 0 Å². The van der Waals surface area contributed by atoms with Crippen LogP contribution in [-0.2, 0) is 10.2 Å². The third-order valence-corrected chi connectivity index (χ3v) is 5.71. The van der Waals surface area contributed by atoms with E-state index in [1.807, 2.05) is 12.1 Å². The first-order valence-corrected chi connectivity index (χ1v) is 9.31. The lowest BCUT2D eigenvalue weighted by atomic mass is 9.64. The van der Waals surface area contributed by atoms with Gasteiger partial charge in [-0.1, -0.05) is 18.6 Å². The van der Waals surface area contributed by atoms with Gasteiger partial charge in [-0.3, -0.25) is 9.69 Å². The molecule has 1 aromatic rings. The van der Waals surface area contributed by atoms with Crippen LogP contribution in [0.2, 0.25) is 0 Å². The van der Waals surface area contributed by atoms with Crippen molar-refractivity contribution in [3.05, 3.63) is 29.8 Å². The summed E-state index contributed by atoms with van der Waals surface area (Å²) in [7, 11) is 1.56. The number of alkyl halides is 3. The maximum atomic E-state index is 13.5. The highest BCUT2D eigenvalue weighted by Crippen LogP contribution is 2.44. The molecular formula is C19H26F3N3O2. The molecule has 1 heterocycles. The third kappa shape index (κ3) is 4.21. The maximum Gasteiger partial charge on any atom is 0.405 e. The van der Waals surface area contributed by atoms with Crippen molar-refractivity contribution in [3.8, 4) is 5.75 Å². The fraction of sp³-hybridized carbons (Fsp3) is 0.632. The number of rotatable bonds is 6. The lowest BCUT2D eigenvalue weighted by molar-refractivity contribution is -0.184. The number of nitrogens with one attached hydrogen (secondary N) is 2. The lowest BCUT2D eigenvalue weighted by Crippen LogP contribution is -2.59. The van der Waals surface area contributed by atoms with Crippen LogP contribution in [0.5, 0.6) is 5.75 Å². The molecule has 2 aliphatic rings. The van der Waals surface area contributed by atoms with E-state index in [9.17, 15) is 18.0 Å². The second-order valence-electron chi connectivity index (χ2n) is 7.22. The van der Waals surface area contributed by atoms with Crippen LogP contribution in [0.4, 0.5) is 13.2 Å². The van der Waals surface area contributed by atoms with Crippen molar-refractivity contribution in [3.63, 3.8) is 0 Å². The quantitative estimate of drug-likeness (QED) is 0.787. The number of carbonyl (C=O) groups excluding carboxylic acids is 1. The summed E-state index contributed by atoms with van der Waals surface area (Å²) in [6, 6.07) is 5.56. The Morgan fingerprint density at radius 1 is 1.26 bits per heavy atom. The number of hydrogen-bond donors (Lipinski definition) is 2.